The minimum absolute atomic E-state index is 0.261. The minimum Gasteiger partial charge on any atom is -0.454 e. The maximum atomic E-state index is 5.68. The molecule has 0 saturated heterocycles. The molecule has 1 aromatic heterocycles. The van der Waals surface area contributed by atoms with E-state index in [1.54, 1.807) is 0 Å². The molecule has 0 bridgehead atoms. The first-order chi connectivity index (χ1) is 11.2. The Kier molecular flexibility index (Phi) is 3.38. The van der Waals surface area contributed by atoms with Crippen molar-refractivity contribution in [2.75, 3.05) is 6.79 Å². The van der Waals surface area contributed by atoms with Crippen molar-refractivity contribution in [1.29, 1.82) is 0 Å². The molecule has 4 rings (SSSR count). The Bertz CT molecular complexity index is 904. The molecule has 0 amide bonds. The van der Waals surface area contributed by atoms with Crippen molar-refractivity contribution < 1.29 is 9.47 Å². The Hall–Kier alpha value is -2.60. The van der Waals surface area contributed by atoms with Gasteiger partial charge >= 0.3 is 0 Å². The number of aryl methyl sites for hydroxylation is 1. The standard InChI is InChI=1S/C17H15N3O2S/c18-16(23)7-8-20-13-4-2-1-3-12(13)19-17(20)11-5-6-14-15(9-11)22-10-21-14/h1-6,9H,7-8,10H2,(H2,18,23). The molecule has 0 spiro atoms. The summed E-state index contributed by atoms with van der Waals surface area (Å²) < 4.78 is 13.0. The Labute approximate surface area is 138 Å². The van der Waals surface area contributed by atoms with Gasteiger partial charge in [0.15, 0.2) is 11.5 Å². The SMILES string of the molecule is NC(=S)CCn1c(-c2ccc3c(c2)OCO3)nc2ccccc21. The highest BCUT2D eigenvalue weighted by molar-refractivity contribution is 7.80. The Morgan fingerprint density at radius 3 is 2.87 bits per heavy atom. The van der Waals surface area contributed by atoms with Crippen molar-refractivity contribution in [3.05, 3.63) is 42.5 Å². The fraction of sp³-hybridized carbons (Fsp3) is 0.176. The maximum Gasteiger partial charge on any atom is 0.231 e. The maximum absolute atomic E-state index is 5.68. The van der Waals surface area contributed by atoms with E-state index in [9.17, 15) is 0 Å². The van der Waals surface area contributed by atoms with Crippen LogP contribution in [0.4, 0.5) is 0 Å². The highest BCUT2D eigenvalue weighted by Gasteiger charge is 2.17. The van der Waals surface area contributed by atoms with E-state index in [0.717, 1.165) is 33.9 Å². The summed E-state index contributed by atoms with van der Waals surface area (Å²) in [5.74, 6) is 2.38. The van der Waals surface area contributed by atoms with Crippen LogP contribution < -0.4 is 15.2 Å². The van der Waals surface area contributed by atoms with Gasteiger partial charge in [0.05, 0.1) is 16.0 Å². The van der Waals surface area contributed by atoms with E-state index in [4.69, 9.17) is 32.4 Å². The molecule has 0 saturated carbocycles. The lowest BCUT2D eigenvalue weighted by Gasteiger charge is -2.09. The van der Waals surface area contributed by atoms with Crippen molar-refractivity contribution in [3.63, 3.8) is 0 Å². The van der Waals surface area contributed by atoms with Gasteiger partial charge in [0.1, 0.15) is 5.82 Å². The molecule has 0 unspecified atom stereocenters. The second kappa shape index (κ2) is 5.55. The molecule has 0 aliphatic carbocycles. The largest absolute Gasteiger partial charge is 0.454 e. The first kappa shape index (κ1) is 14.0. The lowest BCUT2D eigenvalue weighted by atomic mass is 10.2. The van der Waals surface area contributed by atoms with Gasteiger partial charge < -0.3 is 19.8 Å². The number of benzene rings is 2. The summed E-state index contributed by atoms with van der Waals surface area (Å²) in [7, 11) is 0. The third-order valence-electron chi connectivity index (χ3n) is 3.87. The summed E-state index contributed by atoms with van der Waals surface area (Å²) in [6, 6.07) is 13.9. The van der Waals surface area contributed by atoms with E-state index in [1.807, 2.05) is 36.4 Å². The highest BCUT2D eigenvalue weighted by Crippen LogP contribution is 2.36. The summed E-state index contributed by atoms with van der Waals surface area (Å²) in [6.07, 6.45) is 0.632. The number of aromatic nitrogens is 2. The summed E-state index contributed by atoms with van der Waals surface area (Å²) in [4.78, 5) is 5.27. The number of ether oxygens (including phenoxy) is 2. The normalized spacial score (nSPS) is 12.7. The number of fused-ring (bicyclic) bond motifs is 2. The number of thiocarbonyl (C=S) groups is 1. The molecule has 0 fully saturated rings. The number of hydrogen-bond donors (Lipinski definition) is 1. The first-order valence-electron chi connectivity index (χ1n) is 7.36. The molecule has 2 N–H and O–H groups in total. The molecule has 2 aromatic carbocycles. The molecular weight excluding hydrogens is 310 g/mol. The zero-order valence-corrected chi connectivity index (χ0v) is 13.2. The van der Waals surface area contributed by atoms with Crippen LogP contribution in [0.1, 0.15) is 6.42 Å². The van der Waals surface area contributed by atoms with Gasteiger partial charge in [0.2, 0.25) is 6.79 Å². The lowest BCUT2D eigenvalue weighted by molar-refractivity contribution is 0.174. The topological polar surface area (TPSA) is 62.3 Å². The number of imidazole rings is 1. The van der Waals surface area contributed by atoms with E-state index in [0.29, 0.717) is 18.0 Å². The predicted molar refractivity (Wildman–Crippen MR) is 92.7 cm³/mol. The van der Waals surface area contributed by atoms with Crippen molar-refractivity contribution >= 4 is 28.2 Å². The van der Waals surface area contributed by atoms with E-state index < -0.39 is 0 Å². The molecule has 5 nitrogen and oxygen atoms in total. The second-order valence-electron chi connectivity index (χ2n) is 5.36. The van der Waals surface area contributed by atoms with Crippen LogP contribution in [-0.4, -0.2) is 21.3 Å². The van der Waals surface area contributed by atoms with Gasteiger partial charge in [-0.05, 0) is 30.3 Å². The van der Waals surface area contributed by atoms with Crippen LogP contribution in [0.25, 0.3) is 22.4 Å². The van der Waals surface area contributed by atoms with Crippen LogP contribution in [0.5, 0.6) is 11.5 Å². The summed E-state index contributed by atoms with van der Waals surface area (Å²) >= 11 is 5.02. The van der Waals surface area contributed by atoms with Crippen LogP contribution >= 0.6 is 12.2 Å². The number of nitrogens with two attached hydrogens (primary N) is 1. The molecule has 116 valence electrons. The van der Waals surface area contributed by atoms with E-state index in [1.165, 1.54) is 0 Å². The van der Waals surface area contributed by atoms with E-state index in [2.05, 4.69) is 10.6 Å². The van der Waals surface area contributed by atoms with E-state index in [-0.39, 0.29) is 6.79 Å². The van der Waals surface area contributed by atoms with Gasteiger partial charge in [-0.15, -0.1) is 0 Å². The van der Waals surface area contributed by atoms with Crippen LogP contribution in [0.3, 0.4) is 0 Å². The molecule has 2 heterocycles. The van der Waals surface area contributed by atoms with Gasteiger partial charge in [0.25, 0.3) is 0 Å². The zero-order chi connectivity index (χ0) is 15.8. The van der Waals surface area contributed by atoms with Crippen LogP contribution in [0, 0.1) is 0 Å². The summed E-state index contributed by atoms with van der Waals surface area (Å²) in [5, 5.41) is 0. The van der Waals surface area contributed by atoms with Crippen molar-refractivity contribution in [2.24, 2.45) is 5.73 Å². The minimum atomic E-state index is 0.261. The van der Waals surface area contributed by atoms with Crippen LogP contribution in [-0.2, 0) is 6.54 Å². The molecule has 6 heteroatoms. The fourth-order valence-electron chi connectivity index (χ4n) is 2.78. The first-order valence-corrected chi connectivity index (χ1v) is 7.77. The van der Waals surface area contributed by atoms with Crippen molar-refractivity contribution in [2.45, 2.75) is 13.0 Å². The van der Waals surface area contributed by atoms with Gasteiger partial charge in [-0.2, -0.15) is 0 Å². The van der Waals surface area contributed by atoms with Crippen molar-refractivity contribution in [3.8, 4) is 22.9 Å². The molecule has 1 aliphatic heterocycles. The van der Waals surface area contributed by atoms with Gasteiger partial charge in [-0.1, -0.05) is 24.4 Å². The summed E-state index contributed by atoms with van der Waals surface area (Å²) in [6.45, 7) is 0.955. The number of nitrogens with zero attached hydrogens (tertiary/aromatic N) is 2. The van der Waals surface area contributed by atoms with Gasteiger partial charge in [0, 0.05) is 18.5 Å². The Morgan fingerprint density at radius 1 is 1.17 bits per heavy atom. The molecule has 3 aromatic rings. The van der Waals surface area contributed by atoms with Crippen LogP contribution in [0.2, 0.25) is 0 Å². The molecular formula is C17H15N3O2S. The molecule has 1 aliphatic rings. The predicted octanol–water partition coefficient (Wildman–Crippen LogP) is 3.11. The average molecular weight is 325 g/mol. The molecule has 0 atom stereocenters. The third kappa shape index (κ3) is 2.51. The second-order valence-corrected chi connectivity index (χ2v) is 5.88. The van der Waals surface area contributed by atoms with Crippen LogP contribution in [0.15, 0.2) is 42.5 Å². The fourth-order valence-corrected chi connectivity index (χ4v) is 2.87. The smallest absolute Gasteiger partial charge is 0.231 e. The summed E-state index contributed by atoms with van der Waals surface area (Å²) in [5.41, 5.74) is 8.67. The number of rotatable bonds is 4. The number of hydrogen-bond acceptors (Lipinski definition) is 4. The third-order valence-corrected chi connectivity index (χ3v) is 4.07. The lowest BCUT2D eigenvalue weighted by Crippen LogP contribution is -2.12. The average Bonchev–Trinajstić information content (AvgIpc) is 3.16. The van der Waals surface area contributed by atoms with Gasteiger partial charge in [-0.25, -0.2) is 4.98 Å². The molecule has 23 heavy (non-hydrogen) atoms. The van der Waals surface area contributed by atoms with Crippen molar-refractivity contribution in [1.82, 2.24) is 9.55 Å². The monoisotopic (exact) mass is 325 g/mol. The van der Waals surface area contributed by atoms with E-state index >= 15 is 0 Å². The Balaban J connectivity index is 1.85. The highest BCUT2D eigenvalue weighted by atomic mass is 32.1. The number of para-hydroxylation sites is 2. The quantitative estimate of drug-likeness (QED) is 0.747. The zero-order valence-electron chi connectivity index (χ0n) is 12.4. The Morgan fingerprint density at radius 2 is 2.00 bits per heavy atom. The van der Waals surface area contributed by atoms with Gasteiger partial charge in [-0.3, -0.25) is 0 Å². The molecule has 0 radical (unpaired) electrons.